The first-order valence-corrected chi connectivity index (χ1v) is 9.04. The second-order valence-corrected chi connectivity index (χ2v) is 6.57. The van der Waals surface area contributed by atoms with Gasteiger partial charge >= 0.3 is 5.97 Å². The number of nitrogens with one attached hydrogen (secondary N) is 1. The monoisotopic (exact) mass is 468 g/mol. The number of hydrogen-bond acceptors (Lipinski definition) is 4. The van der Waals surface area contributed by atoms with Crippen LogP contribution in [0.3, 0.4) is 0 Å². The Morgan fingerprint density at radius 1 is 1.10 bits per heavy atom. The van der Waals surface area contributed by atoms with Crippen molar-refractivity contribution in [3.05, 3.63) is 75.6 Å². The van der Waals surface area contributed by atoms with E-state index in [1.807, 2.05) is 11.4 Å². The molecular weight excluding hydrogens is 453 g/mol. The number of carbonyl (C=O) groups excluding carboxylic acids is 2. The van der Waals surface area contributed by atoms with E-state index in [2.05, 4.69) is 25.7 Å². The number of esters is 1. The minimum absolute atomic E-state index is 0.202. The molecule has 1 heterocycles. The predicted molar refractivity (Wildman–Crippen MR) is 105 cm³/mol. The van der Waals surface area contributed by atoms with Crippen LogP contribution in [0.25, 0.3) is 10.9 Å². The zero-order valence-electron chi connectivity index (χ0n) is 15.4. The van der Waals surface area contributed by atoms with Crippen molar-refractivity contribution in [2.45, 2.75) is 6.92 Å². The third kappa shape index (κ3) is 5.54. The molecule has 2 aromatic carbocycles. The van der Waals surface area contributed by atoms with Crippen LogP contribution in [0.15, 0.2) is 47.1 Å². The Kier molecular flexibility index (Phi) is 7.72. The number of methoxy groups -OCH3 is 1. The lowest BCUT2D eigenvalue weighted by Gasteiger charge is -2.05. The molecule has 0 aliphatic rings. The van der Waals surface area contributed by atoms with Crippen LogP contribution in [0, 0.1) is 24.4 Å². The highest BCUT2D eigenvalue weighted by Crippen LogP contribution is 2.26. The number of rotatable bonds is 3. The predicted octanol–water partition coefficient (Wildman–Crippen LogP) is 4.31. The van der Waals surface area contributed by atoms with Gasteiger partial charge in [-0.25, -0.2) is 13.2 Å². The van der Waals surface area contributed by atoms with Gasteiger partial charge in [0.2, 0.25) is 0 Å². The molecule has 0 unspecified atom stereocenters. The summed E-state index contributed by atoms with van der Waals surface area (Å²) < 4.78 is 44.4. The molecule has 0 aliphatic heterocycles. The molecule has 1 N–H and O–H groups in total. The summed E-state index contributed by atoms with van der Waals surface area (Å²) in [5.74, 6) is -3.87. The molecule has 0 fully saturated rings. The number of halogens is 4. The molecule has 0 atom stereocenters. The van der Waals surface area contributed by atoms with Crippen molar-refractivity contribution in [1.82, 2.24) is 10.3 Å². The second-order valence-electron chi connectivity index (χ2n) is 5.72. The highest BCUT2D eigenvalue weighted by atomic mass is 79.9. The Morgan fingerprint density at radius 2 is 1.76 bits per heavy atom. The third-order valence-corrected chi connectivity index (χ3v) is 4.46. The Balaban J connectivity index is 0.000000211. The third-order valence-electron chi connectivity index (χ3n) is 3.86. The van der Waals surface area contributed by atoms with Crippen LogP contribution in [0.2, 0.25) is 0 Å². The van der Waals surface area contributed by atoms with E-state index < -0.39 is 35.6 Å². The molecule has 0 radical (unpaired) electrons. The molecule has 1 aromatic heterocycles. The van der Waals surface area contributed by atoms with Crippen molar-refractivity contribution in [3.8, 4) is 0 Å². The highest BCUT2D eigenvalue weighted by molar-refractivity contribution is 9.10. The van der Waals surface area contributed by atoms with Gasteiger partial charge in [-0.1, -0.05) is 12.1 Å². The summed E-state index contributed by atoms with van der Waals surface area (Å²) >= 11 is 3.28. The van der Waals surface area contributed by atoms with E-state index >= 15 is 0 Å². The SMILES string of the molecule is COC(=O)CNC(=O)c1c(F)cccc1F.Cc1c(F)cc(Br)c2ncccc12. The molecule has 0 spiro atoms. The maximum absolute atomic E-state index is 13.3. The lowest BCUT2D eigenvalue weighted by molar-refractivity contribution is -0.139. The van der Waals surface area contributed by atoms with E-state index in [1.165, 1.54) is 6.07 Å². The number of fused-ring (bicyclic) bond motifs is 1. The van der Waals surface area contributed by atoms with Crippen molar-refractivity contribution in [3.63, 3.8) is 0 Å². The zero-order chi connectivity index (χ0) is 21.6. The van der Waals surface area contributed by atoms with Crippen LogP contribution in [-0.2, 0) is 9.53 Å². The molecule has 5 nitrogen and oxygen atoms in total. The number of pyridine rings is 1. The summed E-state index contributed by atoms with van der Waals surface area (Å²) in [6.07, 6.45) is 1.70. The summed E-state index contributed by atoms with van der Waals surface area (Å²) in [6, 6.07) is 8.17. The van der Waals surface area contributed by atoms with Gasteiger partial charge in [0.05, 0.1) is 12.6 Å². The lowest BCUT2D eigenvalue weighted by atomic mass is 10.1. The van der Waals surface area contributed by atoms with Crippen LogP contribution >= 0.6 is 15.9 Å². The summed E-state index contributed by atoms with van der Waals surface area (Å²) in [7, 11) is 1.14. The van der Waals surface area contributed by atoms with E-state index in [4.69, 9.17) is 0 Å². The molecule has 29 heavy (non-hydrogen) atoms. The van der Waals surface area contributed by atoms with Crippen molar-refractivity contribution in [2.24, 2.45) is 0 Å². The Bertz CT molecular complexity index is 1040. The molecule has 1 amide bonds. The second kappa shape index (κ2) is 10.0. The molecule has 152 valence electrons. The molecule has 3 aromatic rings. The van der Waals surface area contributed by atoms with Gasteiger partial charge in [0.1, 0.15) is 29.6 Å². The fraction of sp³-hybridized carbons (Fsp3) is 0.150. The number of aryl methyl sites for hydroxylation is 1. The van der Waals surface area contributed by atoms with E-state index in [0.29, 0.717) is 10.0 Å². The average molecular weight is 469 g/mol. The number of amides is 1. The van der Waals surface area contributed by atoms with Gasteiger partial charge in [-0.3, -0.25) is 14.6 Å². The average Bonchev–Trinajstić information content (AvgIpc) is 2.70. The molecule has 0 aliphatic carbocycles. The number of nitrogens with zero attached hydrogens (tertiary/aromatic N) is 1. The summed E-state index contributed by atoms with van der Waals surface area (Å²) in [5.41, 5.74) is 0.735. The lowest BCUT2D eigenvalue weighted by Crippen LogP contribution is -2.31. The van der Waals surface area contributed by atoms with Crippen LogP contribution in [0.5, 0.6) is 0 Å². The van der Waals surface area contributed by atoms with E-state index in [1.54, 1.807) is 19.2 Å². The van der Waals surface area contributed by atoms with Crippen LogP contribution in [-0.4, -0.2) is 30.5 Å². The fourth-order valence-corrected chi connectivity index (χ4v) is 2.86. The maximum atomic E-state index is 13.3. The smallest absolute Gasteiger partial charge is 0.325 e. The van der Waals surface area contributed by atoms with Gasteiger partial charge in [0, 0.05) is 16.1 Å². The first-order chi connectivity index (χ1) is 13.8. The van der Waals surface area contributed by atoms with Gasteiger partial charge in [-0.2, -0.15) is 0 Å². The normalized spacial score (nSPS) is 10.1. The molecule has 0 bridgehead atoms. The van der Waals surface area contributed by atoms with E-state index in [0.717, 1.165) is 36.2 Å². The van der Waals surface area contributed by atoms with Gasteiger partial charge in [-0.05, 0) is 52.7 Å². The van der Waals surface area contributed by atoms with Gasteiger partial charge < -0.3 is 10.1 Å². The minimum Gasteiger partial charge on any atom is -0.468 e. The topological polar surface area (TPSA) is 68.3 Å². The first kappa shape index (κ1) is 22.4. The number of benzene rings is 2. The fourth-order valence-electron chi connectivity index (χ4n) is 2.34. The largest absolute Gasteiger partial charge is 0.468 e. The summed E-state index contributed by atoms with van der Waals surface area (Å²) in [6.45, 7) is 1.31. The van der Waals surface area contributed by atoms with E-state index in [9.17, 15) is 22.8 Å². The number of hydrogen-bond donors (Lipinski definition) is 1. The molecular formula is C20H16BrF3N2O3. The number of ether oxygens (including phenoxy) is 1. The molecule has 3 rings (SSSR count). The number of aromatic nitrogens is 1. The quantitative estimate of drug-likeness (QED) is 0.581. The van der Waals surface area contributed by atoms with Crippen molar-refractivity contribution in [2.75, 3.05) is 13.7 Å². The van der Waals surface area contributed by atoms with Crippen LogP contribution in [0.1, 0.15) is 15.9 Å². The van der Waals surface area contributed by atoms with Gasteiger partial charge in [0.15, 0.2) is 0 Å². The molecule has 9 heteroatoms. The highest BCUT2D eigenvalue weighted by Gasteiger charge is 2.17. The Hall–Kier alpha value is -2.94. The van der Waals surface area contributed by atoms with E-state index in [-0.39, 0.29) is 5.82 Å². The van der Waals surface area contributed by atoms with Gasteiger partial charge in [-0.15, -0.1) is 0 Å². The maximum Gasteiger partial charge on any atom is 0.325 e. The molecule has 0 saturated heterocycles. The van der Waals surface area contributed by atoms with Crippen molar-refractivity contribution >= 4 is 38.7 Å². The van der Waals surface area contributed by atoms with Crippen molar-refractivity contribution < 1.29 is 27.5 Å². The minimum atomic E-state index is -0.999. The summed E-state index contributed by atoms with van der Waals surface area (Å²) in [5, 5.41) is 2.89. The first-order valence-electron chi connectivity index (χ1n) is 8.24. The molecule has 0 saturated carbocycles. The summed E-state index contributed by atoms with van der Waals surface area (Å²) in [4.78, 5) is 26.2. The standard InChI is InChI=1S/C10H7BrFN.C10H9F2NO3/c1-6-7-3-2-4-13-10(7)8(11)5-9(6)12;1-16-8(14)5-13-10(15)9-6(11)3-2-4-7(9)12/h2-5H,1H3;2-4H,5H2,1H3,(H,13,15). The van der Waals surface area contributed by atoms with Crippen LogP contribution < -0.4 is 5.32 Å². The zero-order valence-corrected chi connectivity index (χ0v) is 17.0. The Labute approximate surface area is 173 Å². The Morgan fingerprint density at radius 3 is 2.38 bits per heavy atom. The van der Waals surface area contributed by atoms with Crippen molar-refractivity contribution in [1.29, 1.82) is 0 Å². The number of carbonyl (C=O) groups is 2. The van der Waals surface area contributed by atoms with Crippen LogP contribution in [0.4, 0.5) is 13.2 Å². The van der Waals surface area contributed by atoms with Gasteiger partial charge in [0.25, 0.3) is 5.91 Å².